The van der Waals surface area contributed by atoms with Crippen molar-refractivity contribution in [2.24, 2.45) is 5.92 Å². The van der Waals surface area contributed by atoms with Gasteiger partial charge in [-0.1, -0.05) is 18.2 Å². The van der Waals surface area contributed by atoms with Gasteiger partial charge in [-0.15, -0.1) is 0 Å². The van der Waals surface area contributed by atoms with Gasteiger partial charge in [0, 0.05) is 18.8 Å². The van der Waals surface area contributed by atoms with Crippen molar-refractivity contribution in [1.82, 2.24) is 10.2 Å². The Morgan fingerprint density at radius 2 is 2.04 bits per heavy atom. The fraction of sp³-hybridized carbons (Fsp3) is 0.471. The predicted molar refractivity (Wildman–Crippen MR) is 90.8 cm³/mol. The average molecular weight is 349 g/mol. The molecule has 3 amide bonds. The molecule has 8 heteroatoms. The van der Waals surface area contributed by atoms with Gasteiger partial charge in [0.05, 0.1) is 19.6 Å². The molecule has 8 nitrogen and oxygen atoms in total. The number of hydrogen-bond acceptors (Lipinski definition) is 5. The molecular weight excluding hydrogens is 326 g/mol. The predicted octanol–water partition coefficient (Wildman–Crippen LogP) is 0.581. The fourth-order valence-corrected chi connectivity index (χ4v) is 2.71. The quantitative estimate of drug-likeness (QED) is 0.674. The number of nitrogens with one attached hydrogen (secondary N) is 2. The zero-order valence-electron chi connectivity index (χ0n) is 14.1. The highest BCUT2D eigenvalue weighted by Gasteiger charge is 2.31. The Morgan fingerprint density at radius 1 is 1.32 bits per heavy atom. The Balaban J connectivity index is 1.92. The first-order chi connectivity index (χ1) is 12.0. The van der Waals surface area contributed by atoms with Crippen molar-refractivity contribution in [3.8, 4) is 0 Å². The van der Waals surface area contributed by atoms with Crippen LogP contribution < -0.4 is 10.6 Å². The number of methoxy groups -OCH3 is 1. The minimum absolute atomic E-state index is 0.254. The first kappa shape index (κ1) is 18.7. The highest BCUT2D eigenvalue weighted by Crippen LogP contribution is 2.18. The summed E-state index contributed by atoms with van der Waals surface area (Å²) in [6, 6.07) is 7.72. The minimum Gasteiger partial charge on any atom is -0.467 e. The zero-order chi connectivity index (χ0) is 18.2. The van der Waals surface area contributed by atoms with Crippen molar-refractivity contribution in [3.05, 3.63) is 30.3 Å². The molecule has 0 aromatic heterocycles. The first-order valence-electron chi connectivity index (χ1n) is 8.15. The number of hydrogen-bond donors (Lipinski definition) is 3. The smallest absolute Gasteiger partial charge is 0.330 e. The molecule has 0 radical (unpaired) electrons. The van der Waals surface area contributed by atoms with E-state index in [0.717, 1.165) is 0 Å². The maximum Gasteiger partial charge on any atom is 0.330 e. The highest BCUT2D eigenvalue weighted by atomic mass is 16.5. The maximum atomic E-state index is 12.3. The van der Waals surface area contributed by atoms with Crippen LogP contribution in [0.2, 0.25) is 0 Å². The highest BCUT2D eigenvalue weighted by molar-refractivity contribution is 5.90. The Labute approximate surface area is 146 Å². The van der Waals surface area contributed by atoms with Gasteiger partial charge in [-0.05, 0) is 25.0 Å². The van der Waals surface area contributed by atoms with Gasteiger partial charge in [0.25, 0.3) is 0 Å². The van der Waals surface area contributed by atoms with E-state index in [1.54, 1.807) is 17.0 Å². The van der Waals surface area contributed by atoms with E-state index in [1.165, 1.54) is 7.11 Å². The molecule has 0 saturated carbocycles. The van der Waals surface area contributed by atoms with Crippen molar-refractivity contribution >= 4 is 23.6 Å². The third-order valence-electron chi connectivity index (χ3n) is 4.09. The molecule has 1 aromatic carbocycles. The number of carbonyl (C=O) groups excluding carboxylic acids is 3. The lowest BCUT2D eigenvalue weighted by Gasteiger charge is -2.32. The molecule has 1 aromatic rings. The summed E-state index contributed by atoms with van der Waals surface area (Å²) in [6.45, 7) is 0.274. The number of aliphatic hydroxyl groups is 1. The van der Waals surface area contributed by atoms with E-state index >= 15 is 0 Å². The van der Waals surface area contributed by atoms with Crippen LogP contribution in [-0.4, -0.2) is 60.8 Å². The first-order valence-corrected chi connectivity index (χ1v) is 8.15. The molecule has 3 N–H and O–H groups in total. The largest absolute Gasteiger partial charge is 0.467 e. The van der Waals surface area contributed by atoms with E-state index in [-0.39, 0.29) is 18.5 Å². The lowest BCUT2D eigenvalue weighted by atomic mass is 9.97. The maximum absolute atomic E-state index is 12.3. The number of amides is 3. The van der Waals surface area contributed by atoms with E-state index in [2.05, 4.69) is 15.4 Å². The lowest BCUT2D eigenvalue weighted by Crippen LogP contribution is -2.51. The van der Waals surface area contributed by atoms with Crippen LogP contribution in [0, 0.1) is 5.92 Å². The topological polar surface area (TPSA) is 108 Å². The van der Waals surface area contributed by atoms with Crippen LogP contribution in [0.5, 0.6) is 0 Å². The molecule has 0 bridgehead atoms. The van der Waals surface area contributed by atoms with Crippen LogP contribution in [0.4, 0.5) is 10.5 Å². The van der Waals surface area contributed by atoms with Crippen molar-refractivity contribution in [3.63, 3.8) is 0 Å². The number of benzene rings is 1. The number of aliphatic hydroxyl groups excluding tert-OH is 1. The Hall–Kier alpha value is -2.61. The summed E-state index contributed by atoms with van der Waals surface area (Å²) < 4.78 is 4.53. The second-order valence-electron chi connectivity index (χ2n) is 5.85. The second kappa shape index (κ2) is 9.03. The van der Waals surface area contributed by atoms with Gasteiger partial charge in [-0.3, -0.25) is 4.79 Å². The van der Waals surface area contributed by atoms with E-state index in [4.69, 9.17) is 0 Å². The number of para-hydroxylation sites is 1. The summed E-state index contributed by atoms with van der Waals surface area (Å²) in [5.41, 5.74) is 0.685. The van der Waals surface area contributed by atoms with Gasteiger partial charge in [-0.25, -0.2) is 9.59 Å². The Morgan fingerprint density at radius 3 is 2.68 bits per heavy atom. The molecule has 25 heavy (non-hydrogen) atoms. The van der Waals surface area contributed by atoms with Gasteiger partial charge in [0.1, 0.15) is 0 Å². The van der Waals surface area contributed by atoms with Crippen molar-refractivity contribution in [2.45, 2.75) is 18.9 Å². The zero-order valence-corrected chi connectivity index (χ0v) is 14.1. The summed E-state index contributed by atoms with van der Waals surface area (Å²) in [7, 11) is 1.19. The van der Waals surface area contributed by atoms with E-state index in [9.17, 15) is 19.5 Å². The van der Waals surface area contributed by atoms with Crippen LogP contribution in [-0.2, 0) is 14.3 Å². The minimum atomic E-state index is -1.09. The monoisotopic (exact) mass is 349 g/mol. The van der Waals surface area contributed by atoms with Crippen LogP contribution in [0.1, 0.15) is 12.8 Å². The average Bonchev–Trinajstić information content (AvgIpc) is 2.66. The summed E-state index contributed by atoms with van der Waals surface area (Å²) in [5, 5.41) is 14.5. The van der Waals surface area contributed by atoms with Gasteiger partial charge in [-0.2, -0.15) is 0 Å². The standard InChI is InChI=1S/C17H23N3O5/c1-25-16(23)14(11-21)19-15(22)12-6-5-9-20(10-12)17(24)18-13-7-3-2-4-8-13/h2-4,7-8,12,14,21H,5-6,9-11H2,1H3,(H,18,24)(H,19,22)/t12-,14+/m1/s1. The molecule has 0 unspecified atom stereocenters. The van der Waals surface area contributed by atoms with Crippen LogP contribution in [0.3, 0.4) is 0 Å². The third kappa shape index (κ3) is 5.18. The number of ether oxygens (including phenoxy) is 1. The molecule has 2 atom stereocenters. The third-order valence-corrected chi connectivity index (χ3v) is 4.09. The van der Waals surface area contributed by atoms with Crippen molar-refractivity contribution < 1.29 is 24.2 Å². The number of nitrogens with zero attached hydrogens (tertiary/aromatic N) is 1. The van der Waals surface area contributed by atoms with E-state index in [1.807, 2.05) is 18.2 Å². The molecule has 1 fully saturated rings. The number of esters is 1. The molecule has 0 aliphatic carbocycles. The molecule has 1 heterocycles. The number of rotatable bonds is 5. The molecule has 0 spiro atoms. The van der Waals surface area contributed by atoms with Gasteiger partial charge >= 0.3 is 12.0 Å². The van der Waals surface area contributed by atoms with Gasteiger partial charge in [0.2, 0.25) is 5.91 Å². The van der Waals surface area contributed by atoms with Gasteiger partial charge in [0.15, 0.2) is 6.04 Å². The number of piperidine rings is 1. The van der Waals surface area contributed by atoms with Crippen LogP contribution in [0.25, 0.3) is 0 Å². The number of urea groups is 1. The van der Waals surface area contributed by atoms with Crippen LogP contribution >= 0.6 is 0 Å². The Bertz CT molecular complexity index is 608. The van der Waals surface area contributed by atoms with Crippen molar-refractivity contribution in [1.29, 1.82) is 0 Å². The molecule has 1 aliphatic rings. The molecule has 1 aliphatic heterocycles. The number of likely N-dealkylation sites (tertiary alicyclic amines) is 1. The van der Waals surface area contributed by atoms with E-state index < -0.39 is 24.5 Å². The number of carbonyl (C=O) groups is 3. The van der Waals surface area contributed by atoms with E-state index in [0.29, 0.717) is 25.1 Å². The molecule has 136 valence electrons. The molecular formula is C17H23N3O5. The number of anilines is 1. The fourth-order valence-electron chi connectivity index (χ4n) is 2.71. The van der Waals surface area contributed by atoms with Crippen molar-refractivity contribution in [2.75, 3.05) is 32.1 Å². The summed E-state index contributed by atoms with van der Waals surface area (Å²) in [6.07, 6.45) is 1.29. The van der Waals surface area contributed by atoms with Crippen LogP contribution in [0.15, 0.2) is 30.3 Å². The molecule has 2 rings (SSSR count). The lowest BCUT2D eigenvalue weighted by molar-refractivity contribution is -0.147. The summed E-state index contributed by atoms with van der Waals surface area (Å²) in [4.78, 5) is 37.7. The summed E-state index contributed by atoms with van der Waals surface area (Å²) >= 11 is 0. The SMILES string of the molecule is COC(=O)[C@H](CO)NC(=O)[C@@H]1CCCN(C(=O)Nc2ccccc2)C1. The second-order valence-corrected chi connectivity index (χ2v) is 5.85. The summed E-state index contributed by atoms with van der Waals surface area (Å²) in [5.74, 6) is -1.51. The van der Waals surface area contributed by atoms with Gasteiger partial charge < -0.3 is 25.4 Å². The Kier molecular flexibility index (Phi) is 6.76. The normalized spacial score (nSPS) is 18.2. The molecule has 1 saturated heterocycles.